The van der Waals surface area contributed by atoms with Crippen molar-refractivity contribution in [1.82, 2.24) is 39.7 Å². The standard InChI is InChI=1S/C56H56Cl2F2N10O10S2/c1-31(2)23-61-51(71)33(4)27-69-29-65-46-12-8-36(18-42(46)55(69)73)38-20-48(68-82(77,78)50-14-10-40(60)22-44(50)58)54(64-26-38)80-16-15-32(3)24-62-52(72)34(5)28-70-30-66-45-11-7-35(17-41(45)56(70)74)37-19-47(53(79-6)63-25-37)67-81(75,76)49-13-9-39(59)21-43(49)57/h7-14,17-22,25-26,29-34,67-68H,15-16,23-24,27-28H2,1-6H3,(H,61,71)(H,62,72)/t32?,33-,34+/m1/s1. The first-order valence-electron chi connectivity index (χ1n) is 25.6. The molecule has 0 aliphatic carbocycles. The van der Waals surface area contributed by atoms with Crippen LogP contribution in [-0.2, 0) is 42.7 Å². The Labute approximate surface area is 480 Å². The molecule has 4 heterocycles. The van der Waals surface area contributed by atoms with Crippen molar-refractivity contribution in [2.75, 3.05) is 36.3 Å². The number of rotatable bonds is 23. The lowest BCUT2D eigenvalue weighted by atomic mass is 10.0. The summed E-state index contributed by atoms with van der Waals surface area (Å²) in [5, 5.41) is 5.54. The van der Waals surface area contributed by atoms with E-state index >= 15 is 0 Å². The fourth-order valence-corrected chi connectivity index (χ4v) is 11.7. The zero-order chi connectivity index (χ0) is 59.2. The number of sulfonamides is 2. The molecule has 4 aromatic carbocycles. The monoisotopic (exact) mass is 1200 g/mol. The Morgan fingerprint density at radius 1 is 0.598 bits per heavy atom. The van der Waals surface area contributed by atoms with Crippen LogP contribution in [-0.4, -0.2) is 84.5 Å². The fraction of sp³-hybridized carbons (Fsp3) is 0.286. The number of aromatic nitrogens is 6. The van der Waals surface area contributed by atoms with Crippen molar-refractivity contribution in [3.8, 4) is 34.0 Å². The Hall–Kier alpha value is -8.06. The third kappa shape index (κ3) is 14.2. The molecule has 0 radical (unpaired) electrons. The van der Waals surface area contributed by atoms with Crippen molar-refractivity contribution < 1.29 is 44.7 Å². The summed E-state index contributed by atoms with van der Waals surface area (Å²) >= 11 is 12.2. The average molecular weight is 1200 g/mol. The highest BCUT2D eigenvalue weighted by Gasteiger charge is 2.25. The number of nitrogens with zero attached hydrogens (tertiary/aromatic N) is 6. The molecule has 1 unspecified atom stereocenters. The van der Waals surface area contributed by atoms with Crippen LogP contribution in [0.25, 0.3) is 44.1 Å². The lowest BCUT2D eigenvalue weighted by molar-refractivity contribution is -0.125. The highest BCUT2D eigenvalue weighted by molar-refractivity contribution is 7.93. The number of nitrogens with one attached hydrogen (secondary N) is 4. The second-order valence-electron chi connectivity index (χ2n) is 20.0. The van der Waals surface area contributed by atoms with Crippen LogP contribution in [0.5, 0.6) is 11.8 Å². The zero-order valence-corrected chi connectivity index (χ0v) is 48.2. The van der Waals surface area contributed by atoms with Crippen LogP contribution in [0.3, 0.4) is 0 Å². The Morgan fingerprint density at radius 3 is 1.50 bits per heavy atom. The predicted octanol–water partition coefficient (Wildman–Crippen LogP) is 8.69. The highest BCUT2D eigenvalue weighted by Crippen LogP contribution is 2.35. The van der Waals surface area contributed by atoms with Gasteiger partial charge in [0.05, 0.1) is 70.1 Å². The van der Waals surface area contributed by atoms with Gasteiger partial charge in [0.1, 0.15) is 32.8 Å². The molecule has 0 saturated carbocycles. The van der Waals surface area contributed by atoms with Crippen LogP contribution in [0.1, 0.15) is 41.0 Å². The van der Waals surface area contributed by atoms with Gasteiger partial charge in [0, 0.05) is 49.7 Å². The van der Waals surface area contributed by atoms with Gasteiger partial charge in [-0.05, 0) is 102 Å². The largest absolute Gasteiger partial charge is 0.480 e. The number of fused-ring (bicyclic) bond motifs is 2. The summed E-state index contributed by atoms with van der Waals surface area (Å²) in [4.78, 5) is 70.6. The number of methoxy groups -OCH3 is 1. The molecule has 26 heteroatoms. The second-order valence-corrected chi connectivity index (χ2v) is 24.1. The van der Waals surface area contributed by atoms with E-state index in [1.54, 1.807) is 50.2 Å². The van der Waals surface area contributed by atoms with E-state index in [1.165, 1.54) is 53.4 Å². The van der Waals surface area contributed by atoms with Crippen molar-refractivity contribution in [1.29, 1.82) is 0 Å². The van der Waals surface area contributed by atoms with Crippen molar-refractivity contribution in [2.24, 2.45) is 23.7 Å². The maximum absolute atomic E-state index is 14.0. The third-order valence-corrected chi connectivity index (χ3v) is 16.8. The molecule has 0 saturated heterocycles. The van der Waals surface area contributed by atoms with Gasteiger partial charge in [0.2, 0.25) is 23.6 Å². The summed E-state index contributed by atoms with van der Waals surface area (Å²) in [7, 11) is -7.50. The summed E-state index contributed by atoms with van der Waals surface area (Å²) in [6.45, 7) is 9.93. The molecule has 430 valence electrons. The average Bonchev–Trinajstić information content (AvgIpc) is 3.15. The van der Waals surface area contributed by atoms with E-state index in [0.29, 0.717) is 46.3 Å². The van der Waals surface area contributed by atoms with Gasteiger partial charge in [-0.3, -0.25) is 37.8 Å². The summed E-state index contributed by atoms with van der Waals surface area (Å²) in [5.41, 5.74) is 1.49. The molecule has 8 rings (SSSR count). The van der Waals surface area contributed by atoms with E-state index in [-0.39, 0.29) is 98.7 Å². The van der Waals surface area contributed by atoms with E-state index in [0.717, 1.165) is 36.4 Å². The number of carbonyl (C=O) groups is 2. The quantitative estimate of drug-likeness (QED) is 0.0467. The molecule has 3 atom stereocenters. The van der Waals surface area contributed by atoms with Gasteiger partial charge >= 0.3 is 0 Å². The SMILES string of the molecule is COc1ncc(-c2ccc3ncn(C[C@H](C)C(=O)NCC(C)CCOc4ncc(-c5ccc6ncn(C[C@@H](C)C(=O)NCC(C)C)c(=O)c6c5)cc4NS(=O)(=O)c4ccc(F)cc4Cl)c(=O)c3c2)cc1NS(=O)(=O)c1ccc(F)cc1Cl. The van der Waals surface area contributed by atoms with E-state index in [9.17, 15) is 44.8 Å². The van der Waals surface area contributed by atoms with Gasteiger partial charge in [-0.25, -0.2) is 45.6 Å². The van der Waals surface area contributed by atoms with Gasteiger partial charge in [-0.2, -0.15) is 0 Å². The first-order chi connectivity index (χ1) is 38.9. The minimum Gasteiger partial charge on any atom is -0.480 e. The summed E-state index contributed by atoms with van der Waals surface area (Å²) in [6.07, 6.45) is 5.95. The normalized spacial score (nSPS) is 12.9. The van der Waals surface area contributed by atoms with Crippen molar-refractivity contribution in [3.05, 3.63) is 152 Å². The number of hydrogen-bond acceptors (Lipinski definition) is 14. The third-order valence-electron chi connectivity index (χ3n) is 13.1. The lowest BCUT2D eigenvalue weighted by Crippen LogP contribution is -2.36. The van der Waals surface area contributed by atoms with E-state index in [4.69, 9.17) is 32.7 Å². The van der Waals surface area contributed by atoms with Gasteiger partial charge in [-0.1, -0.05) is 70.0 Å². The predicted molar refractivity (Wildman–Crippen MR) is 308 cm³/mol. The molecule has 0 aliphatic heterocycles. The Balaban J connectivity index is 0.930. The summed E-state index contributed by atoms with van der Waals surface area (Å²) in [6, 6.07) is 18.4. The maximum Gasteiger partial charge on any atom is 0.263 e. The molecular weight excluding hydrogens is 1150 g/mol. The summed E-state index contributed by atoms with van der Waals surface area (Å²) < 4.78 is 101. The molecule has 20 nitrogen and oxygen atoms in total. The molecule has 2 amide bonds. The smallest absolute Gasteiger partial charge is 0.263 e. The van der Waals surface area contributed by atoms with E-state index in [1.807, 2.05) is 20.8 Å². The van der Waals surface area contributed by atoms with Gasteiger partial charge in [-0.15, -0.1) is 0 Å². The Morgan fingerprint density at radius 2 is 1.05 bits per heavy atom. The van der Waals surface area contributed by atoms with Crippen molar-refractivity contribution in [2.45, 2.75) is 63.9 Å². The zero-order valence-electron chi connectivity index (χ0n) is 45.0. The van der Waals surface area contributed by atoms with Gasteiger partial charge < -0.3 is 20.1 Å². The number of halogens is 4. The molecule has 4 N–H and O–H groups in total. The lowest BCUT2D eigenvalue weighted by Gasteiger charge is -2.18. The molecule has 0 bridgehead atoms. The van der Waals surface area contributed by atoms with Gasteiger partial charge in [0.25, 0.3) is 31.2 Å². The van der Waals surface area contributed by atoms with Crippen LogP contribution in [0.4, 0.5) is 20.2 Å². The number of ether oxygens (including phenoxy) is 2. The number of benzene rings is 4. The Bertz CT molecular complexity index is 4120. The maximum atomic E-state index is 14.0. The topological polar surface area (TPSA) is 265 Å². The van der Waals surface area contributed by atoms with Crippen molar-refractivity contribution >= 4 is 88.2 Å². The molecule has 4 aromatic heterocycles. The first-order valence-corrected chi connectivity index (χ1v) is 29.3. The van der Waals surface area contributed by atoms with Crippen LogP contribution in [0.15, 0.2) is 129 Å². The number of carbonyl (C=O) groups excluding carboxylic acids is 2. The number of amides is 2. The molecule has 82 heavy (non-hydrogen) atoms. The molecular formula is C56H56Cl2F2N10O10S2. The molecule has 0 fully saturated rings. The molecule has 8 aromatic rings. The van der Waals surface area contributed by atoms with Crippen LogP contribution in [0, 0.1) is 35.3 Å². The summed E-state index contributed by atoms with van der Waals surface area (Å²) in [5.74, 6) is -3.38. The van der Waals surface area contributed by atoms with Gasteiger partial charge in [0.15, 0.2) is 0 Å². The molecule has 0 aliphatic rings. The highest BCUT2D eigenvalue weighted by atomic mass is 35.5. The van der Waals surface area contributed by atoms with E-state index < -0.39 is 59.5 Å². The Kier molecular flexibility index (Phi) is 18.6. The van der Waals surface area contributed by atoms with Crippen LogP contribution in [0.2, 0.25) is 10.0 Å². The van der Waals surface area contributed by atoms with Crippen molar-refractivity contribution in [3.63, 3.8) is 0 Å². The minimum absolute atomic E-state index is 0.00852. The number of pyridine rings is 2. The molecule has 0 spiro atoms. The number of hydrogen-bond donors (Lipinski definition) is 4. The first kappa shape index (κ1) is 60.0. The second kappa shape index (κ2) is 25.4. The van der Waals surface area contributed by atoms with Crippen LogP contribution < -0.4 is 40.7 Å². The van der Waals surface area contributed by atoms with E-state index in [2.05, 4.69) is 40.0 Å². The number of anilines is 2. The van der Waals surface area contributed by atoms with Crippen LogP contribution >= 0.6 is 23.2 Å². The fourth-order valence-electron chi connectivity index (χ4n) is 8.51. The minimum atomic E-state index is -4.47.